The number of rotatable bonds is 4. The summed E-state index contributed by atoms with van der Waals surface area (Å²) in [5, 5.41) is 2.92. The molecule has 0 unspecified atom stereocenters. The molecule has 1 saturated heterocycles. The molecule has 0 atom stereocenters. The molecule has 1 aliphatic rings. The Bertz CT molecular complexity index is 1170. The summed E-state index contributed by atoms with van der Waals surface area (Å²) in [5.41, 5.74) is 3.59. The van der Waals surface area contributed by atoms with E-state index in [1.807, 2.05) is 42.5 Å². The van der Waals surface area contributed by atoms with Crippen molar-refractivity contribution in [2.45, 2.75) is 0 Å². The number of fused-ring (bicyclic) bond motifs is 1. The zero-order valence-electron chi connectivity index (χ0n) is 16.2. The van der Waals surface area contributed by atoms with E-state index in [4.69, 9.17) is 4.74 Å². The van der Waals surface area contributed by atoms with Crippen LogP contribution in [0.5, 0.6) is 0 Å². The Hall–Kier alpha value is -3.78. The first-order chi connectivity index (χ1) is 14.8. The average Bonchev–Trinajstić information content (AvgIpc) is 3.24. The fraction of sp³-hybridized carbons (Fsp3) is 0.182. The molecule has 0 saturated carbocycles. The van der Waals surface area contributed by atoms with Crippen LogP contribution < -0.4 is 10.2 Å². The quantitative estimate of drug-likeness (QED) is 0.546. The van der Waals surface area contributed by atoms with Gasteiger partial charge in [0.25, 0.3) is 5.91 Å². The third-order valence-corrected chi connectivity index (χ3v) is 4.99. The van der Waals surface area contributed by atoms with Crippen molar-refractivity contribution < 1.29 is 9.53 Å². The third-order valence-electron chi connectivity index (χ3n) is 4.99. The number of hydrogen-bond acceptors (Lipinski definition) is 6. The van der Waals surface area contributed by atoms with Crippen LogP contribution >= 0.6 is 0 Å². The van der Waals surface area contributed by atoms with E-state index in [2.05, 4.69) is 30.2 Å². The molecule has 1 aliphatic heterocycles. The molecular formula is C22H20N6O2. The van der Waals surface area contributed by atoms with Crippen molar-refractivity contribution in [2.75, 3.05) is 36.5 Å². The number of carbonyl (C=O) groups excluding carboxylic acids is 1. The minimum atomic E-state index is -0.208. The number of benzene rings is 1. The fourth-order valence-electron chi connectivity index (χ4n) is 3.41. The van der Waals surface area contributed by atoms with Gasteiger partial charge in [0, 0.05) is 31.2 Å². The molecule has 150 valence electrons. The lowest BCUT2D eigenvalue weighted by Gasteiger charge is -2.27. The number of ether oxygens (including phenoxy) is 1. The number of amides is 1. The normalized spacial score (nSPS) is 14.1. The summed E-state index contributed by atoms with van der Waals surface area (Å²) in [6.45, 7) is 3.01. The molecule has 8 heteroatoms. The van der Waals surface area contributed by atoms with Gasteiger partial charge in [-0.1, -0.05) is 6.07 Å². The topological polar surface area (TPSA) is 96.0 Å². The summed E-state index contributed by atoms with van der Waals surface area (Å²) in [5.74, 6) is 1.34. The highest BCUT2D eigenvalue weighted by molar-refractivity contribution is 6.04. The summed E-state index contributed by atoms with van der Waals surface area (Å²) in [6, 6.07) is 14.9. The molecule has 4 aromatic rings. The molecule has 0 radical (unpaired) electrons. The SMILES string of the molecule is O=C(Nc1ccc2nc(-c3ccccn3)[nH]c2c1)c1ccc(N2CCOCC2)nc1. The first-order valence-corrected chi connectivity index (χ1v) is 9.77. The molecule has 30 heavy (non-hydrogen) atoms. The van der Waals surface area contributed by atoms with E-state index in [0.29, 0.717) is 30.3 Å². The van der Waals surface area contributed by atoms with Gasteiger partial charge in [-0.15, -0.1) is 0 Å². The van der Waals surface area contributed by atoms with Gasteiger partial charge in [0.15, 0.2) is 5.82 Å². The minimum Gasteiger partial charge on any atom is -0.378 e. The summed E-state index contributed by atoms with van der Waals surface area (Å²) >= 11 is 0. The van der Waals surface area contributed by atoms with Crippen LogP contribution in [0.25, 0.3) is 22.6 Å². The zero-order valence-corrected chi connectivity index (χ0v) is 16.2. The van der Waals surface area contributed by atoms with Crippen LogP contribution in [0, 0.1) is 0 Å². The summed E-state index contributed by atoms with van der Waals surface area (Å²) < 4.78 is 5.36. The van der Waals surface area contributed by atoms with Gasteiger partial charge in [-0.25, -0.2) is 9.97 Å². The van der Waals surface area contributed by atoms with Crippen LogP contribution in [0.2, 0.25) is 0 Å². The average molecular weight is 400 g/mol. The van der Waals surface area contributed by atoms with Gasteiger partial charge >= 0.3 is 0 Å². The summed E-state index contributed by atoms with van der Waals surface area (Å²) in [7, 11) is 0. The molecule has 0 aliphatic carbocycles. The lowest BCUT2D eigenvalue weighted by molar-refractivity contribution is 0.102. The van der Waals surface area contributed by atoms with E-state index < -0.39 is 0 Å². The molecule has 1 fully saturated rings. The Kier molecular flexibility index (Phi) is 4.82. The monoisotopic (exact) mass is 400 g/mol. The van der Waals surface area contributed by atoms with Crippen molar-refractivity contribution in [1.29, 1.82) is 0 Å². The van der Waals surface area contributed by atoms with Gasteiger partial charge in [-0.2, -0.15) is 0 Å². The molecular weight excluding hydrogens is 380 g/mol. The largest absolute Gasteiger partial charge is 0.378 e. The summed E-state index contributed by atoms with van der Waals surface area (Å²) in [4.78, 5) is 31.4. The highest BCUT2D eigenvalue weighted by atomic mass is 16.5. The van der Waals surface area contributed by atoms with Gasteiger partial charge in [0.1, 0.15) is 11.5 Å². The Morgan fingerprint density at radius 2 is 1.97 bits per heavy atom. The number of pyridine rings is 2. The van der Waals surface area contributed by atoms with Crippen molar-refractivity contribution in [3.8, 4) is 11.5 Å². The Morgan fingerprint density at radius 1 is 1.07 bits per heavy atom. The van der Waals surface area contributed by atoms with Crippen molar-refractivity contribution in [3.05, 3.63) is 66.5 Å². The number of morpholine rings is 1. The van der Waals surface area contributed by atoms with Crippen LogP contribution in [0.1, 0.15) is 10.4 Å². The van der Waals surface area contributed by atoms with Gasteiger partial charge in [0.05, 0.1) is 29.8 Å². The van der Waals surface area contributed by atoms with Gasteiger partial charge in [0.2, 0.25) is 0 Å². The Balaban J connectivity index is 1.31. The number of nitrogens with zero attached hydrogens (tertiary/aromatic N) is 4. The highest BCUT2D eigenvalue weighted by Gasteiger charge is 2.14. The van der Waals surface area contributed by atoms with Crippen LogP contribution in [0.4, 0.5) is 11.5 Å². The predicted molar refractivity (Wildman–Crippen MR) is 115 cm³/mol. The van der Waals surface area contributed by atoms with Crippen LogP contribution in [0.3, 0.4) is 0 Å². The molecule has 0 spiro atoms. The van der Waals surface area contributed by atoms with Crippen LogP contribution in [-0.4, -0.2) is 52.1 Å². The number of hydrogen-bond donors (Lipinski definition) is 2. The lowest BCUT2D eigenvalue weighted by Crippen LogP contribution is -2.36. The second-order valence-corrected chi connectivity index (χ2v) is 6.99. The fourth-order valence-corrected chi connectivity index (χ4v) is 3.41. The van der Waals surface area contributed by atoms with Crippen molar-refractivity contribution in [1.82, 2.24) is 19.9 Å². The van der Waals surface area contributed by atoms with Gasteiger partial charge in [-0.05, 0) is 42.5 Å². The van der Waals surface area contributed by atoms with E-state index >= 15 is 0 Å². The first-order valence-electron chi connectivity index (χ1n) is 9.77. The van der Waals surface area contributed by atoms with Crippen molar-refractivity contribution in [3.63, 3.8) is 0 Å². The Morgan fingerprint density at radius 3 is 2.73 bits per heavy atom. The number of imidazole rings is 1. The molecule has 1 aromatic carbocycles. The zero-order chi connectivity index (χ0) is 20.3. The number of nitrogens with one attached hydrogen (secondary N) is 2. The second-order valence-electron chi connectivity index (χ2n) is 6.99. The number of H-pyrrole nitrogens is 1. The number of aromatic amines is 1. The Labute approximate surface area is 172 Å². The third kappa shape index (κ3) is 3.72. The molecule has 3 aromatic heterocycles. The number of aromatic nitrogens is 4. The maximum absolute atomic E-state index is 12.6. The molecule has 2 N–H and O–H groups in total. The molecule has 1 amide bonds. The molecule has 8 nitrogen and oxygen atoms in total. The van der Waals surface area contributed by atoms with Crippen molar-refractivity contribution in [2.24, 2.45) is 0 Å². The highest BCUT2D eigenvalue weighted by Crippen LogP contribution is 2.22. The van der Waals surface area contributed by atoms with Gasteiger partial charge < -0.3 is 19.9 Å². The van der Waals surface area contributed by atoms with E-state index in [9.17, 15) is 4.79 Å². The minimum absolute atomic E-state index is 0.208. The van der Waals surface area contributed by atoms with Gasteiger partial charge in [-0.3, -0.25) is 9.78 Å². The van der Waals surface area contributed by atoms with E-state index in [-0.39, 0.29) is 5.91 Å². The van der Waals surface area contributed by atoms with E-state index in [1.165, 1.54) is 0 Å². The van der Waals surface area contributed by atoms with Crippen LogP contribution in [-0.2, 0) is 4.74 Å². The lowest BCUT2D eigenvalue weighted by atomic mass is 10.2. The molecule has 5 rings (SSSR count). The second kappa shape index (κ2) is 7.92. The first kappa shape index (κ1) is 18.3. The van der Waals surface area contributed by atoms with E-state index in [1.54, 1.807) is 18.5 Å². The number of anilines is 2. The maximum atomic E-state index is 12.6. The maximum Gasteiger partial charge on any atom is 0.257 e. The standard InChI is InChI=1S/C22H20N6O2/c29-22(15-4-7-20(24-14-15)28-9-11-30-12-10-28)25-16-5-6-17-19(13-16)27-21(26-17)18-3-1-2-8-23-18/h1-8,13-14H,9-12H2,(H,25,29)(H,26,27). The van der Waals surface area contributed by atoms with Crippen molar-refractivity contribution >= 4 is 28.4 Å². The smallest absolute Gasteiger partial charge is 0.257 e. The number of carbonyl (C=O) groups is 1. The van der Waals surface area contributed by atoms with Crippen LogP contribution in [0.15, 0.2) is 60.9 Å². The predicted octanol–water partition coefficient (Wildman–Crippen LogP) is 3.11. The summed E-state index contributed by atoms with van der Waals surface area (Å²) in [6.07, 6.45) is 3.33. The van der Waals surface area contributed by atoms with E-state index in [0.717, 1.165) is 35.6 Å². The molecule has 4 heterocycles. The molecule has 0 bridgehead atoms.